The van der Waals surface area contributed by atoms with Gasteiger partial charge in [-0.15, -0.1) is 0 Å². The van der Waals surface area contributed by atoms with Crippen LogP contribution < -0.4 is 9.84 Å². The summed E-state index contributed by atoms with van der Waals surface area (Å²) in [5.74, 6) is -0.559. The van der Waals surface area contributed by atoms with Crippen molar-refractivity contribution in [3.05, 3.63) is 101 Å². The SMILES string of the molecule is CCCCOc1cccc(C(O)/C=C/c2cccc(CC(O)c3cccc(C(=O)[O-])c3)n2)c1. The first kappa shape index (κ1) is 24.2. The standard InChI is InChI=1S/C27H29NO5/c1-2-3-15-33-24-12-5-8-20(17-24)25(29)14-13-22-10-6-11-23(28-22)18-26(30)19-7-4-9-21(16-19)27(31)32/h4-14,16-17,25-26,29-30H,2-3,15,18H2,1H3,(H,31,32)/p-1/b14-13+. The number of hydrogen-bond donors (Lipinski definition) is 2. The smallest absolute Gasteiger partial charge is 0.119 e. The quantitative estimate of drug-likeness (QED) is 0.436. The van der Waals surface area contributed by atoms with Gasteiger partial charge in [-0.2, -0.15) is 0 Å². The fourth-order valence-corrected chi connectivity index (χ4v) is 3.32. The van der Waals surface area contributed by atoms with Crippen molar-refractivity contribution in [1.29, 1.82) is 0 Å². The first-order chi connectivity index (χ1) is 16.0. The van der Waals surface area contributed by atoms with Crippen LogP contribution in [0.1, 0.15) is 64.8 Å². The van der Waals surface area contributed by atoms with Gasteiger partial charge >= 0.3 is 0 Å². The third kappa shape index (κ3) is 7.27. The lowest BCUT2D eigenvalue weighted by molar-refractivity contribution is -0.255. The number of aromatic carboxylic acids is 1. The molecule has 172 valence electrons. The molecule has 2 aromatic carbocycles. The Hall–Kier alpha value is -3.48. The maximum absolute atomic E-state index is 11.0. The number of carboxylic acid groups (broad SMARTS) is 1. The zero-order chi connectivity index (χ0) is 23.6. The number of aliphatic hydroxyl groups is 2. The summed E-state index contributed by atoms with van der Waals surface area (Å²) in [6.45, 7) is 2.75. The molecule has 0 saturated heterocycles. The van der Waals surface area contributed by atoms with E-state index in [0.29, 0.717) is 23.6 Å². The van der Waals surface area contributed by atoms with Gasteiger partial charge in [-0.05, 0) is 65.6 Å². The van der Waals surface area contributed by atoms with Crippen LogP contribution in [0.5, 0.6) is 5.75 Å². The number of pyridine rings is 1. The highest BCUT2D eigenvalue weighted by molar-refractivity contribution is 5.85. The number of carbonyl (C=O) groups is 1. The largest absolute Gasteiger partial charge is 0.545 e. The molecular formula is C27H28NO5-. The topological polar surface area (TPSA) is 103 Å². The molecule has 0 radical (unpaired) electrons. The fraction of sp³-hybridized carbons (Fsp3) is 0.259. The van der Waals surface area contributed by atoms with Crippen LogP contribution in [0.25, 0.3) is 6.08 Å². The van der Waals surface area contributed by atoms with E-state index in [-0.39, 0.29) is 12.0 Å². The van der Waals surface area contributed by atoms with Crippen molar-refractivity contribution in [2.24, 2.45) is 0 Å². The van der Waals surface area contributed by atoms with E-state index in [9.17, 15) is 20.1 Å². The van der Waals surface area contributed by atoms with E-state index >= 15 is 0 Å². The van der Waals surface area contributed by atoms with Gasteiger partial charge < -0.3 is 24.9 Å². The van der Waals surface area contributed by atoms with Crippen LogP contribution in [0.3, 0.4) is 0 Å². The zero-order valence-electron chi connectivity index (χ0n) is 18.6. The molecule has 0 spiro atoms. The predicted octanol–water partition coefficient (Wildman–Crippen LogP) is 3.65. The molecule has 2 unspecified atom stereocenters. The second kappa shape index (κ2) is 11.9. The van der Waals surface area contributed by atoms with Crippen molar-refractivity contribution in [2.75, 3.05) is 6.61 Å². The van der Waals surface area contributed by atoms with Crippen molar-refractivity contribution in [3.8, 4) is 5.75 Å². The van der Waals surface area contributed by atoms with Gasteiger partial charge in [-0.1, -0.05) is 49.7 Å². The third-order valence-corrected chi connectivity index (χ3v) is 5.15. The van der Waals surface area contributed by atoms with Crippen LogP contribution in [0.4, 0.5) is 0 Å². The number of unbranched alkanes of at least 4 members (excludes halogenated alkanes) is 1. The minimum atomic E-state index is -1.29. The first-order valence-electron chi connectivity index (χ1n) is 11.0. The minimum Gasteiger partial charge on any atom is -0.545 e. The van der Waals surface area contributed by atoms with Crippen molar-refractivity contribution >= 4 is 12.0 Å². The summed E-state index contributed by atoms with van der Waals surface area (Å²) in [7, 11) is 0. The van der Waals surface area contributed by atoms with E-state index in [1.54, 1.807) is 36.4 Å². The van der Waals surface area contributed by atoms with Crippen LogP contribution in [-0.4, -0.2) is 27.8 Å². The molecule has 0 saturated carbocycles. The van der Waals surface area contributed by atoms with Crippen molar-refractivity contribution in [1.82, 2.24) is 4.98 Å². The van der Waals surface area contributed by atoms with Crippen LogP contribution in [0.2, 0.25) is 0 Å². The van der Waals surface area contributed by atoms with Gasteiger partial charge in [-0.25, -0.2) is 0 Å². The molecule has 2 N–H and O–H groups in total. The number of hydrogen-bond acceptors (Lipinski definition) is 6. The number of carbonyl (C=O) groups excluding carboxylic acids is 1. The highest BCUT2D eigenvalue weighted by Crippen LogP contribution is 2.22. The van der Waals surface area contributed by atoms with Gasteiger partial charge in [0.05, 0.1) is 30.5 Å². The summed E-state index contributed by atoms with van der Waals surface area (Å²) in [6.07, 6.45) is 3.91. The zero-order valence-corrected chi connectivity index (χ0v) is 18.6. The van der Waals surface area contributed by atoms with E-state index in [0.717, 1.165) is 24.2 Å². The Morgan fingerprint density at radius 3 is 2.61 bits per heavy atom. The molecule has 1 heterocycles. The molecule has 0 aliphatic rings. The Labute approximate surface area is 193 Å². The highest BCUT2D eigenvalue weighted by atomic mass is 16.5. The highest BCUT2D eigenvalue weighted by Gasteiger charge is 2.11. The molecule has 1 aromatic heterocycles. The Morgan fingerprint density at radius 2 is 1.82 bits per heavy atom. The Balaban J connectivity index is 1.65. The van der Waals surface area contributed by atoms with Crippen molar-refractivity contribution < 1.29 is 24.9 Å². The average Bonchev–Trinajstić information content (AvgIpc) is 2.83. The van der Waals surface area contributed by atoms with Crippen LogP contribution in [0.15, 0.2) is 72.8 Å². The second-order valence-corrected chi connectivity index (χ2v) is 7.77. The molecule has 0 aliphatic carbocycles. The van der Waals surface area contributed by atoms with Gasteiger partial charge in [0, 0.05) is 12.1 Å². The fourth-order valence-electron chi connectivity index (χ4n) is 3.32. The molecule has 3 aromatic rings. The third-order valence-electron chi connectivity index (χ3n) is 5.15. The number of nitrogens with zero attached hydrogens (tertiary/aromatic N) is 1. The number of rotatable bonds is 11. The number of aromatic nitrogens is 1. The molecule has 6 heteroatoms. The summed E-state index contributed by atoms with van der Waals surface area (Å²) in [4.78, 5) is 15.6. The Bertz CT molecular complexity index is 1100. The van der Waals surface area contributed by atoms with Crippen LogP contribution in [0, 0.1) is 0 Å². The van der Waals surface area contributed by atoms with Gasteiger partial charge in [0.2, 0.25) is 0 Å². The molecule has 3 rings (SSSR count). The molecule has 0 bridgehead atoms. The summed E-state index contributed by atoms with van der Waals surface area (Å²) < 4.78 is 5.70. The average molecular weight is 447 g/mol. The lowest BCUT2D eigenvalue weighted by Crippen LogP contribution is -2.22. The van der Waals surface area contributed by atoms with E-state index in [1.165, 1.54) is 12.1 Å². The van der Waals surface area contributed by atoms with Crippen LogP contribution in [-0.2, 0) is 6.42 Å². The summed E-state index contributed by atoms with van der Waals surface area (Å²) >= 11 is 0. The second-order valence-electron chi connectivity index (χ2n) is 7.77. The Kier molecular flexibility index (Phi) is 8.75. The summed E-state index contributed by atoms with van der Waals surface area (Å²) in [5.41, 5.74) is 2.50. The van der Waals surface area contributed by atoms with Crippen LogP contribution >= 0.6 is 0 Å². The van der Waals surface area contributed by atoms with E-state index in [2.05, 4.69) is 11.9 Å². The maximum Gasteiger partial charge on any atom is 0.119 e. The predicted molar refractivity (Wildman–Crippen MR) is 125 cm³/mol. The number of aliphatic hydroxyl groups excluding tert-OH is 2. The first-order valence-corrected chi connectivity index (χ1v) is 11.0. The maximum atomic E-state index is 11.0. The molecule has 0 aliphatic heterocycles. The molecule has 33 heavy (non-hydrogen) atoms. The normalized spacial score (nSPS) is 13.1. The number of ether oxygens (including phenoxy) is 1. The minimum absolute atomic E-state index is 0.0185. The van der Waals surface area contributed by atoms with E-state index < -0.39 is 18.2 Å². The lowest BCUT2D eigenvalue weighted by Gasteiger charge is -2.13. The monoisotopic (exact) mass is 446 g/mol. The van der Waals surface area contributed by atoms with Crippen molar-refractivity contribution in [2.45, 2.75) is 38.4 Å². The molecule has 0 amide bonds. The molecule has 2 atom stereocenters. The number of carboxylic acids is 1. The number of benzene rings is 2. The van der Waals surface area contributed by atoms with Gasteiger partial charge in [0.1, 0.15) is 5.75 Å². The lowest BCUT2D eigenvalue weighted by atomic mass is 10.0. The van der Waals surface area contributed by atoms with Gasteiger partial charge in [0.15, 0.2) is 0 Å². The molecule has 6 nitrogen and oxygen atoms in total. The summed E-state index contributed by atoms with van der Waals surface area (Å²) in [5, 5.41) is 32.1. The Morgan fingerprint density at radius 1 is 1.06 bits per heavy atom. The van der Waals surface area contributed by atoms with Crippen molar-refractivity contribution in [3.63, 3.8) is 0 Å². The summed E-state index contributed by atoms with van der Waals surface area (Å²) in [6, 6.07) is 18.9. The van der Waals surface area contributed by atoms with Gasteiger partial charge in [0.25, 0.3) is 0 Å². The molecule has 0 fully saturated rings. The van der Waals surface area contributed by atoms with Gasteiger partial charge in [-0.3, -0.25) is 4.98 Å². The molecular weight excluding hydrogens is 418 g/mol. The van der Waals surface area contributed by atoms with E-state index in [1.807, 2.05) is 30.3 Å². The van der Waals surface area contributed by atoms with E-state index in [4.69, 9.17) is 4.74 Å².